The third-order valence-corrected chi connectivity index (χ3v) is 3.20. The van der Waals surface area contributed by atoms with Crippen molar-refractivity contribution in [2.45, 2.75) is 0 Å². The van der Waals surface area contributed by atoms with E-state index in [0.29, 0.717) is 5.69 Å². The minimum atomic E-state index is -1.17. The average molecular weight is 349 g/mol. The summed E-state index contributed by atoms with van der Waals surface area (Å²) in [7, 11) is 1.43. The van der Waals surface area contributed by atoms with E-state index in [2.05, 4.69) is 10.3 Å². The van der Waals surface area contributed by atoms with Crippen LogP contribution in [0.3, 0.4) is 0 Å². The number of non-ortho nitro benzene ring substituents is 1. The monoisotopic (exact) mass is 349 g/mol. The fraction of sp³-hybridized carbons (Fsp3) is 0.286. The lowest BCUT2D eigenvalue weighted by molar-refractivity contribution is -0.384. The molecule has 0 spiro atoms. The Morgan fingerprint density at radius 1 is 1.44 bits per heavy atom. The zero-order chi connectivity index (χ0) is 18.4. The molecule has 25 heavy (non-hydrogen) atoms. The first-order valence-corrected chi connectivity index (χ1v) is 7.09. The highest BCUT2D eigenvalue weighted by Gasteiger charge is 2.21. The largest absolute Gasteiger partial charge is 0.480 e. The molecule has 2 rings (SSSR count). The Morgan fingerprint density at radius 3 is 2.84 bits per heavy atom. The summed E-state index contributed by atoms with van der Waals surface area (Å²) < 4.78 is 6.06. The van der Waals surface area contributed by atoms with Gasteiger partial charge >= 0.3 is 5.97 Å². The Balaban J connectivity index is 2.23. The van der Waals surface area contributed by atoms with Gasteiger partial charge in [-0.3, -0.25) is 19.7 Å². The molecular weight excluding hydrogens is 334 g/mol. The van der Waals surface area contributed by atoms with Gasteiger partial charge in [0.15, 0.2) is 5.69 Å². The van der Waals surface area contributed by atoms with Gasteiger partial charge in [0.2, 0.25) is 0 Å². The lowest BCUT2D eigenvalue weighted by Crippen LogP contribution is -2.38. The summed E-state index contributed by atoms with van der Waals surface area (Å²) in [5, 5.41) is 27.2. The van der Waals surface area contributed by atoms with Crippen molar-refractivity contribution in [3.63, 3.8) is 0 Å². The SMILES string of the molecule is COCCN(CC(=O)O)C(=O)c1cn(-c2cccc([N+](=O)[O-])c2)nn1. The zero-order valence-corrected chi connectivity index (χ0v) is 13.2. The van der Waals surface area contributed by atoms with Crippen LogP contribution in [0, 0.1) is 10.1 Å². The van der Waals surface area contributed by atoms with E-state index >= 15 is 0 Å². The van der Waals surface area contributed by atoms with Gasteiger partial charge in [-0.05, 0) is 6.07 Å². The lowest BCUT2D eigenvalue weighted by Gasteiger charge is -2.18. The Hall–Kier alpha value is -3.34. The first kappa shape index (κ1) is 18.0. The van der Waals surface area contributed by atoms with E-state index in [0.717, 1.165) is 4.90 Å². The van der Waals surface area contributed by atoms with Crippen LogP contribution in [-0.4, -0.2) is 68.6 Å². The normalized spacial score (nSPS) is 10.4. The highest BCUT2D eigenvalue weighted by molar-refractivity contribution is 5.93. The number of hydrogen-bond acceptors (Lipinski definition) is 7. The number of aromatic nitrogens is 3. The molecule has 0 bridgehead atoms. The fourth-order valence-corrected chi connectivity index (χ4v) is 2.02. The summed E-state index contributed by atoms with van der Waals surface area (Å²) in [6, 6.07) is 5.65. The topological polar surface area (TPSA) is 141 Å². The average Bonchev–Trinajstić information content (AvgIpc) is 3.07. The molecule has 0 saturated carbocycles. The van der Waals surface area contributed by atoms with Gasteiger partial charge in [-0.25, -0.2) is 4.68 Å². The van der Waals surface area contributed by atoms with Crippen LogP contribution in [-0.2, 0) is 9.53 Å². The number of carboxylic acid groups (broad SMARTS) is 1. The number of rotatable bonds is 8. The summed E-state index contributed by atoms with van der Waals surface area (Å²) in [6.45, 7) is -0.269. The number of aliphatic carboxylic acids is 1. The molecule has 0 aliphatic carbocycles. The molecule has 0 aliphatic rings. The van der Waals surface area contributed by atoms with E-state index in [9.17, 15) is 19.7 Å². The fourth-order valence-electron chi connectivity index (χ4n) is 2.02. The molecule has 0 saturated heterocycles. The smallest absolute Gasteiger partial charge is 0.323 e. The Labute approximate surface area is 141 Å². The molecule has 0 atom stereocenters. The van der Waals surface area contributed by atoms with Gasteiger partial charge in [-0.2, -0.15) is 0 Å². The number of carbonyl (C=O) groups excluding carboxylic acids is 1. The van der Waals surface area contributed by atoms with E-state index in [1.54, 1.807) is 6.07 Å². The molecule has 1 N–H and O–H groups in total. The van der Waals surface area contributed by atoms with Crippen molar-refractivity contribution in [3.05, 3.63) is 46.3 Å². The molecule has 0 radical (unpaired) electrons. The Bertz CT molecular complexity index is 790. The number of nitro benzene ring substituents is 1. The van der Waals surface area contributed by atoms with Gasteiger partial charge in [0.1, 0.15) is 6.54 Å². The van der Waals surface area contributed by atoms with Gasteiger partial charge in [0.25, 0.3) is 11.6 Å². The molecule has 1 amide bonds. The van der Waals surface area contributed by atoms with Crippen LogP contribution in [0.5, 0.6) is 0 Å². The maximum atomic E-state index is 12.4. The third-order valence-electron chi connectivity index (χ3n) is 3.20. The number of benzene rings is 1. The van der Waals surface area contributed by atoms with Crippen molar-refractivity contribution in [3.8, 4) is 5.69 Å². The van der Waals surface area contributed by atoms with Crippen molar-refractivity contribution in [2.75, 3.05) is 26.8 Å². The lowest BCUT2D eigenvalue weighted by atomic mass is 10.3. The molecule has 0 fully saturated rings. The van der Waals surface area contributed by atoms with Gasteiger partial charge in [0, 0.05) is 25.8 Å². The minimum absolute atomic E-state index is 0.0747. The van der Waals surface area contributed by atoms with Crippen LogP contribution in [0.2, 0.25) is 0 Å². The predicted molar refractivity (Wildman–Crippen MR) is 83.4 cm³/mol. The molecule has 11 nitrogen and oxygen atoms in total. The number of carboxylic acids is 1. The standard InChI is InChI=1S/C14H15N5O6/c1-25-6-5-17(9-13(20)21)14(22)12-8-18(16-15-12)10-3-2-4-11(7-10)19(23)24/h2-4,7-8H,5-6,9H2,1H3,(H,20,21). The van der Waals surface area contributed by atoms with Crippen molar-refractivity contribution < 1.29 is 24.4 Å². The predicted octanol–water partition coefficient (Wildman–Crippen LogP) is 0.349. The highest BCUT2D eigenvalue weighted by atomic mass is 16.6. The molecule has 132 valence electrons. The van der Waals surface area contributed by atoms with Crippen molar-refractivity contribution in [1.82, 2.24) is 19.9 Å². The minimum Gasteiger partial charge on any atom is -0.480 e. The summed E-state index contributed by atoms with van der Waals surface area (Å²) >= 11 is 0. The quantitative estimate of drug-likeness (QED) is 0.531. The molecule has 1 aromatic carbocycles. The van der Waals surface area contributed by atoms with Crippen LogP contribution in [0.25, 0.3) is 5.69 Å². The maximum absolute atomic E-state index is 12.4. The van der Waals surface area contributed by atoms with Crippen LogP contribution in [0.4, 0.5) is 5.69 Å². The van der Waals surface area contributed by atoms with Gasteiger partial charge in [-0.15, -0.1) is 5.10 Å². The Morgan fingerprint density at radius 2 is 2.20 bits per heavy atom. The van der Waals surface area contributed by atoms with Crippen molar-refractivity contribution in [1.29, 1.82) is 0 Å². The van der Waals surface area contributed by atoms with Gasteiger partial charge in [0.05, 0.1) is 23.4 Å². The van der Waals surface area contributed by atoms with E-state index in [-0.39, 0.29) is 24.5 Å². The summed E-state index contributed by atoms with van der Waals surface area (Å²) in [5.41, 5.74) is 0.139. The second-order valence-electron chi connectivity index (χ2n) is 4.94. The molecule has 1 heterocycles. The number of methoxy groups -OCH3 is 1. The van der Waals surface area contributed by atoms with Crippen molar-refractivity contribution in [2.24, 2.45) is 0 Å². The second-order valence-corrected chi connectivity index (χ2v) is 4.94. The first-order chi connectivity index (χ1) is 11.9. The molecule has 11 heteroatoms. The number of nitro groups is 1. The molecule has 2 aromatic rings. The van der Waals surface area contributed by atoms with Crippen LogP contribution in [0.1, 0.15) is 10.5 Å². The maximum Gasteiger partial charge on any atom is 0.323 e. The molecule has 1 aromatic heterocycles. The third kappa shape index (κ3) is 4.57. The molecular formula is C14H15N5O6. The zero-order valence-electron chi connectivity index (χ0n) is 13.2. The second kappa shape index (κ2) is 7.97. The number of ether oxygens (including phenoxy) is 1. The number of hydrogen-bond donors (Lipinski definition) is 1. The van der Waals surface area contributed by atoms with Gasteiger partial charge in [-0.1, -0.05) is 11.3 Å². The first-order valence-electron chi connectivity index (χ1n) is 7.09. The molecule has 0 aliphatic heterocycles. The van der Waals surface area contributed by atoms with E-state index < -0.39 is 23.3 Å². The van der Waals surface area contributed by atoms with Crippen molar-refractivity contribution >= 4 is 17.6 Å². The van der Waals surface area contributed by atoms with E-state index in [1.165, 1.54) is 36.2 Å². The highest BCUT2D eigenvalue weighted by Crippen LogP contribution is 2.16. The van der Waals surface area contributed by atoms with Crippen LogP contribution < -0.4 is 0 Å². The summed E-state index contributed by atoms with van der Waals surface area (Å²) in [4.78, 5) is 34.6. The van der Waals surface area contributed by atoms with E-state index in [4.69, 9.17) is 9.84 Å². The number of nitrogens with zero attached hydrogens (tertiary/aromatic N) is 5. The number of carbonyl (C=O) groups is 2. The summed E-state index contributed by atoms with van der Waals surface area (Å²) in [6.07, 6.45) is 1.28. The Kier molecular flexibility index (Phi) is 5.74. The molecule has 0 unspecified atom stereocenters. The summed E-state index contributed by atoms with van der Waals surface area (Å²) in [5.74, 6) is -1.80. The van der Waals surface area contributed by atoms with E-state index in [1.807, 2.05) is 0 Å². The van der Waals surface area contributed by atoms with Gasteiger partial charge < -0.3 is 14.7 Å². The van der Waals surface area contributed by atoms with Crippen LogP contribution in [0.15, 0.2) is 30.5 Å². The number of amides is 1. The van der Waals surface area contributed by atoms with Crippen LogP contribution >= 0.6 is 0 Å².